The number of esters is 2. The molecule has 6 heterocycles. The molecule has 2 unspecified atom stereocenters. The summed E-state index contributed by atoms with van der Waals surface area (Å²) < 4.78 is 82.1. The number of fused-ring (bicyclic) bond motifs is 4. The van der Waals surface area contributed by atoms with Gasteiger partial charge in [0.15, 0.2) is 37.6 Å². The number of methoxy groups -OCH3 is 1. The molecule has 5 N–H and O–H groups in total. The maximum absolute atomic E-state index is 15.6. The quantitative estimate of drug-likeness (QED) is 0.0209. The number of alkyl carbamates (subject to hydrolysis) is 1. The van der Waals surface area contributed by atoms with Crippen LogP contribution in [0, 0.1) is 57.0 Å². The van der Waals surface area contributed by atoms with E-state index in [1.54, 1.807) is 47.6 Å². The Kier molecular flexibility index (Phi) is 22.2. The van der Waals surface area contributed by atoms with E-state index < -0.39 is 216 Å². The van der Waals surface area contributed by atoms with E-state index in [4.69, 9.17) is 61.6 Å². The van der Waals surface area contributed by atoms with E-state index in [0.717, 1.165) is 12.7 Å². The third kappa shape index (κ3) is 14.4. The summed E-state index contributed by atoms with van der Waals surface area (Å²) in [5.41, 5.74) is -5.49. The van der Waals surface area contributed by atoms with Crippen molar-refractivity contribution in [3.63, 3.8) is 0 Å². The summed E-state index contributed by atoms with van der Waals surface area (Å²) in [4.78, 5) is 81.3. The number of aliphatic hydroxyl groups excluding tert-OH is 4. The van der Waals surface area contributed by atoms with E-state index >= 15 is 4.79 Å². The molecule has 6 saturated heterocycles. The molecule has 2 bridgehead atoms. The van der Waals surface area contributed by atoms with Gasteiger partial charge in [0.1, 0.15) is 35.9 Å². The normalized spacial score (nSPS) is 46.1. The predicted molar refractivity (Wildman–Crippen MR) is 334 cm³/mol. The average Bonchev–Trinajstić information content (AvgIpc) is 1.52. The molecule has 7 fully saturated rings. The summed E-state index contributed by atoms with van der Waals surface area (Å²) in [6, 6.07) is -1.12. The number of ketones is 1. The van der Waals surface area contributed by atoms with Crippen molar-refractivity contribution >= 4 is 30.1 Å². The molecule has 0 aromatic heterocycles. The summed E-state index contributed by atoms with van der Waals surface area (Å²) >= 11 is 0. The molecule has 10 aliphatic rings. The molecule has 10 rings (SSSR count). The number of ether oxygens (including phenoxy) is 13. The van der Waals surface area contributed by atoms with Gasteiger partial charge in [-0.05, 0) is 96.6 Å². The molecule has 26 nitrogen and oxygen atoms in total. The highest BCUT2D eigenvalue weighted by Crippen LogP contribution is 2.61. The minimum atomic E-state index is -2.27. The Morgan fingerprint density at radius 1 is 0.726 bits per heavy atom. The zero-order valence-corrected chi connectivity index (χ0v) is 57.0. The third-order valence-electron chi connectivity index (χ3n) is 22.1. The van der Waals surface area contributed by atoms with Crippen molar-refractivity contribution < 1.29 is 111 Å². The molecule has 4 aliphatic carbocycles. The van der Waals surface area contributed by atoms with Gasteiger partial charge < -0.3 is 87.3 Å². The predicted octanol–water partition coefficient (Wildman–Crippen LogP) is 7.00. The fourth-order valence-corrected chi connectivity index (χ4v) is 16.9. The van der Waals surface area contributed by atoms with Crippen LogP contribution in [0.25, 0.3) is 0 Å². The number of aldehydes is 1. The van der Waals surface area contributed by atoms with Crippen LogP contribution in [0.1, 0.15) is 154 Å². The number of hydrogen-bond acceptors (Lipinski definition) is 24. The number of rotatable bonds is 15. The fourth-order valence-electron chi connectivity index (χ4n) is 16.9. The van der Waals surface area contributed by atoms with Crippen LogP contribution in [0.2, 0.25) is 0 Å². The van der Waals surface area contributed by atoms with Gasteiger partial charge in [0.25, 0.3) is 0 Å². The number of Topliss-reactive ketones (excluding diaryl/α,β-unsaturated/α-hetero) is 1. The van der Waals surface area contributed by atoms with Gasteiger partial charge in [0, 0.05) is 72.7 Å². The smallest absolute Gasteiger partial charge is 0.407 e. The molecule has 1 spiro atoms. The minimum absolute atomic E-state index is 0.0133. The summed E-state index contributed by atoms with van der Waals surface area (Å²) in [5, 5.41) is 62.1. The van der Waals surface area contributed by atoms with Crippen LogP contribution >= 0.6 is 0 Å². The molecule has 0 aromatic carbocycles. The van der Waals surface area contributed by atoms with Gasteiger partial charge in [-0.2, -0.15) is 0 Å². The molecule has 6 aliphatic heterocycles. The van der Waals surface area contributed by atoms with Crippen LogP contribution in [-0.4, -0.2) is 197 Å². The molecule has 0 aromatic rings. The van der Waals surface area contributed by atoms with E-state index in [-0.39, 0.29) is 48.7 Å². The van der Waals surface area contributed by atoms with Gasteiger partial charge in [-0.15, -0.1) is 0 Å². The fraction of sp³-hybridized carbons (Fsp3) is 0.783. The molecule has 29 atom stereocenters. The summed E-state index contributed by atoms with van der Waals surface area (Å²) in [5.74, 6) is -6.33. The number of nitro groups is 1. The Labute approximate surface area is 555 Å². The van der Waals surface area contributed by atoms with Crippen molar-refractivity contribution in [1.29, 1.82) is 0 Å². The standard InChI is InChI=1S/C69H100N2O24/c1-31(2)64(78)94-60-39(10)87-54(27-50(60)91-51-22-20-49(37(8)85-51)90-53-26-47(75)59(38(9)86-53)92-52-21-18-45(73)36(7)84-52)93-58-35(6)23-34(5)57-42(58)16-17-43-32(3)15-19-48(89-55-29-67(12,71(81)82)61(40(11)88-55)70-66(80)83-14)33(4)24-44-46(74)25-41(30-72)28-69(44)63(77)56(65(79)95-69)62(76)68(43,57)13/h15-17,24-25,30-31,33-40,42-43,45-55,57-61,73-76H,18-23,26-29H2,1-14H3,(H,70,80)/b32-15+,44-24?,62-56?/t33?,34-,35-,36-,37-,38-,39-,40+,42-,43-,45+,46?,47+,48-,49+,50+,51-,52-,53-,54-,55-,57+,58-,59-,60-,61+,67-,68+,69-/m0/s1. The van der Waals surface area contributed by atoms with Crippen LogP contribution in [0.15, 0.2) is 58.4 Å². The van der Waals surface area contributed by atoms with Gasteiger partial charge in [-0.1, -0.05) is 71.4 Å². The number of aliphatic hydroxyl groups is 4. The maximum atomic E-state index is 15.6. The van der Waals surface area contributed by atoms with Crippen LogP contribution in [0.4, 0.5) is 4.79 Å². The molecular formula is C69H100N2O24. The van der Waals surface area contributed by atoms with E-state index in [0.29, 0.717) is 38.4 Å². The largest absolute Gasteiger partial charge is 0.511 e. The zero-order chi connectivity index (χ0) is 69.1. The second kappa shape index (κ2) is 29.0. The van der Waals surface area contributed by atoms with E-state index in [1.807, 2.05) is 39.8 Å². The first-order chi connectivity index (χ1) is 44.8. The molecule has 95 heavy (non-hydrogen) atoms. The van der Waals surface area contributed by atoms with Gasteiger partial charge in [0.05, 0.1) is 86.6 Å². The van der Waals surface area contributed by atoms with Crippen LogP contribution < -0.4 is 5.32 Å². The highest BCUT2D eigenvalue weighted by molar-refractivity contribution is 6.27. The minimum Gasteiger partial charge on any atom is -0.511 e. The lowest BCUT2D eigenvalue weighted by atomic mass is 9.49. The summed E-state index contributed by atoms with van der Waals surface area (Å²) in [6.45, 7) is 23.3. The van der Waals surface area contributed by atoms with Gasteiger partial charge in [0.2, 0.25) is 16.9 Å². The highest BCUT2D eigenvalue weighted by Gasteiger charge is 2.64. The van der Waals surface area contributed by atoms with Crippen LogP contribution in [0.5, 0.6) is 0 Å². The molecule has 1 saturated carbocycles. The number of allylic oxidation sites excluding steroid dienone is 3. The Morgan fingerprint density at radius 3 is 2.00 bits per heavy atom. The van der Waals surface area contributed by atoms with Crippen LogP contribution in [-0.2, 0) is 80.8 Å². The average molecular weight is 1340 g/mol. The second-order valence-corrected chi connectivity index (χ2v) is 29.2. The van der Waals surface area contributed by atoms with E-state index in [2.05, 4.69) is 25.2 Å². The van der Waals surface area contributed by atoms with Crippen molar-refractivity contribution in [2.24, 2.45) is 46.8 Å². The first-order valence-corrected chi connectivity index (χ1v) is 34.0. The summed E-state index contributed by atoms with van der Waals surface area (Å²) in [6.07, 6.45) is -4.28. The number of nitrogens with one attached hydrogen (secondary N) is 1. The SMILES string of the molecule is COC(=O)N[C@@H]1[C@@H](C)O[C@@H](O[C@H]2C/C=C(\C)[C@@H]3C=C[C@@H]4[C@@H](O[C@H]5C[C@@H](O[C@H]6CC[C@@H](O[C@H]7C[C@@H](O)[C@@H](O[C@H]8CC[C@@H](O)[C@H](C)O8)[C@H](C)O7)[C@H](C)O6)[C@@H](OC(=O)C(C)C)[C@H](C)O5)[C@@H](C)C[C@H](C)[C@H]4[C@]3(C)C(O)=C3C(=O)O[C@]4(CC(C=O)=CC(O)C4=CC2C)C3=O)C[C@]1(C)[N+](=O)[O-]. The first kappa shape index (κ1) is 72.7. The van der Waals surface area contributed by atoms with Gasteiger partial charge >= 0.3 is 18.0 Å². The lowest BCUT2D eigenvalue weighted by Gasteiger charge is -2.56. The van der Waals surface area contributed by atoms with Crippen molar-refractivity contribution in [3.05, 3.63) is 68.5 Å². The molecule has 530 valence electrons. The number of carbonyl (C=O) groups is 5. The molecule has 1 amide bonds. The lowest BCUT2D eigenvalue weighted by Crippen LogP contribution is -2.66. The Morgan fingerprint density at radius 2 is 1.35 bits per heavy atom. The maximum Gasteiger partial charge on any atom is 0.407 e. The van der Waals surface area contributed by atoms with Crippen molar-refractivity contribution in [2.75, 3.05) is 7.11 Å². The highest BCUT2D eigenvalue weighted by atomic mass is 16.8. The number of nitrogens with zero attached hydrogens (tertiary/aromatic N) is 1. The van der Waals surface area contributed by atoms with Crippen molar-refractivity contribution in [1.82, 2.24) is 5.32 Å². The van der Waals surface area contributed by atoms with E-state index in [9.17, 15) is 49.7 Å². The van der Waals surface area contributed by atoms with Gasteiger partial charge in [-0.25, -0.2) is 9.59 Å². The monoisotopic (exact) mass is 1340 g/mol. The zero-order valence-electron chi connectivity index (χ0n) is 57.0. The van der Waals surface area contributed by atoms with Gasteiger partial charge in [-0.3, -0.25) is 24.5 Å². The topological polar surface area (TPSA) is 341 Å². The van der Waals surface area contributed by atoms with E-state index in [1.165, 1.54) is 13.0 Å². The number of hydrogen-bond donors (Lipinski definition) is 5. The first-order valence-electron chi connectivity index (χ1n) is 34.0. The Bertz CT molecular complexity index is 3010. The lowest BCUT2D eigenvalue weighted by molar-refractivity contribution is -0.584. The van der Waals surface area contributed by atoms with Crippen LogP contribution in [0.3, 0.4) is 0 Å². The third-order valence-corrected chi connectivity index (χ3v) is 22.1. The Hall–Kier alpha value is -5.07. The Balaban J connectivity index is 0.914. The van der Waals surface area contributed by atoms with Crippen molar-refractivity contribution in [2.45, 2.75) is 288 Å². The second-order valence-electron chi connectivity index (χ2n) is 29.2. The molecular weight excluding hydrogens is 1240 g/mol. The number of amides is 1. The number of carbonyl (C=O) groups excluding carboxylic acids is 5. The van der Waals surface area contributed by atoms with Crippen molar-refractivity contribution in [3.8, 4) is 0 Å². The molecule has 26 heteroatoms. The summed E-state index contributed by atoms with van der Waals surface area (Å²) in [7, 11) is 1.15. The molecule has 0 radical (unpaired) electrons.